The van der Waals surface area contributed by atoms with Crippen molar-refractivity contribution in [3.63, 3.8) is 0 Å². The Bertz CT molecular complexity index is 533. The zero-order valence-electron chi connectivity index (χ0n) is 10.5. The third-order valence-corrected chi connectivity index (χ3v) is 4.00. The second kappa shape index (κ2) is 5.95. The van der Waals surface area contributed by atoms with Gasteiger partial charge < -0.3 is 8.94 Å². The molecule has 6 heteroatoms. The van der Waals surface area contributed by atoms with Crippen molar-refractivity contribution in [2.75, 3.05) is 0 Å². The first-order chi connectivity index (χ1) is 8.70. The van der Waals surface area contributed by atoms with Crippen LogP contribution < -0.4 is 0 Å². The van der Waals surface area contributed by atoms with Crippen molar-refractivity contribution in [2.24, 2.45) is 0 Å². The van der Waals surface area contributed by atoms with Crippen LogP contribution in [0.25, 0.3) is 0 Å². The summed E-state index contributed by atoms with van der Waals surface area (Å²) in [5.74, 6) is 2.01. The van der Waals surface area contributed by atoms with Gasteiger partial charge in [0.25, 0.3) is 0 Å². The van der Waals surface area contributed by atoms with E-state index in [1.807, 2.05) is 0 Å². The molecule has 2 heterocycles. The molecule has 0 spiro atoms. The van der Waals surface area contributed by atoms with Crippen molar-refractivity contribution in [1.29, 1.82) is 0 Å². The van der Waals surface area contributed by atoms with Gasteiger partial charge in [0, 0.05) is 6.42 Å². The topological polar surface area (TPSA) is 69.1 Å². The molecule has 0 bridgehead atoms. The normalized spacial score (nSPS) is 12.8. The number of hydrogen-bond acceptors (Lipinski definition) is 5. The third kappa shape index (κ3) is 3.07. The molecule has 0 unspecified atom stereocenters. The summed E-state index contributed by atoms with van der Waals surface area (Å²) in [5.41, 5.74) is 0. The fourth-order valence-corrected chi connectivity index (χ4v) is 2.66. The molecule has 0 aliphatic carbocycles. The molecular weight excluding hydrogens is 252 g/mol. The van der Waals surface area contributed by atoms with Crippen molar-refractivity contribution < 1.29 is 13.1 Å². The molecule has 0 aliphatic rings. The van der Waals surface area contributed by atoms with E-state index in [1.54, 1.807) is 13.0 Å². The van der Waals surface area contributed by atoms with Gasteiger partial charge in [0.1, 0.15) is 11.5 Å². The molecule has 98 valence electrons. The highest BCUT2D eigenvalue weighted by Crippen LogP contribution is 2.16. The Labute approximate surface area is 108 Å². The minimum absolute atomic E-state index is 0.236. The van der Waals surface area contributed by atoms with E-state index in [9.17, 15) is 4.21 Å². The summed E-state index contributed by atoms with van der Waals surface area (Å²) in [6, 6.07) is 1.71. The highest BCUT2D eigenvalue weighted by Gasteiger charge is 2.14. The summed E-state index contributed by atoms with van der Waals surface area (Å²) < 4.78 is 22.3. The van der Waals surface area contributed by atoms with Crippen LogP contribution in [0.15, 0.2) is 26.2 Å². The van der Waals surface area contributed by atoms with E-state index in [0.29, 0.717) is 22.4 Å². The lowest BCUT2D eigenvalue weighted by molar-refractivity contribution is 0.383. The van der Waals surface area contributed by atoms with Gasteiger partial charge in [0.05, 0.1) is 22.0 Å². The van der Waals surface area contributed by atoms with Gasteiger partial charge in [-0.2, -0.15) is 4.98 Å². The van der Waals surface area contributed by atoms with Crippen molar-refractivity contribution in [3.05, 3.63) is 29.8 Å². The smallest absolute Gasteiger partial charge is 0.239 e. The maximum atomic E-state index is 12.0. The molecule has 2 rings (SSSR count). The summed E-state index contributed by atoms with van der Waals surface area (Å²) in [4.78, 5) is 4.91. The maximum Gasteiger partial charge on any atom is 0.239 e. The van der Waals surface area contributed by atoms with Crippen LogP contribution >= 0.6 is 0 Å². The number of unbranched alkanes of at least 4 members (excludes halogenated alkanes) is 1. The molecule has 0 amide bonds. The highest BCUT2D eigenvalue weighted by atomic mass is 32.2. The van der Waals surface area contributed by atoms with Crippen molar-refractivity contribution in [3.8, 4) is 0 Å². The second-order valence-electron chi connectivity index (χ2n) is 4.04. The monoisotopic (exact) mass is 268 g/mol. The van der Waals surface area contributed by atoms with E-state index in [4.69, 9.17) is 8.94 Å². The molecule has 0 fully saturated rings. The van der Waals surface area contributed by atoms with Crippen LogP contribution in [0, 0.1) is 6.92 Å². The fraction of sp³-hybridized carbons (Fsp3) is 0.500. The Kier molecular flexibility index (Phi) is 4.30. The number of hydrogen-bond donors (Lipinski definition) is 0. The zero-order valence-corrected chi connectivity index (χ0v) is 11.3. The van der Waals surface area contributed by atoms with Crippen LogP contribution in [-0.2, 0) is 23.0 Å². The first-order valence-electron chi connectivity index (χ1n) is 5.94. The molecule has 0 radical (unpaired) electrons. The number of aromatic nitrogens is 2. The van der Waals surface area contributed by atoms with E-state index in [1.165, 1.54) is 6.26 Å². The van der Waals surface area contributed by atoms with E-state index in [2.05, 4.69) is 17.1 Å². The Morgan fingerprint density at radius 2 is 2.28 bits per heavy atom. The highest BCUT2D eigenvalue weighted by molar-refractivity contribution is 7.84. The molecule has 5 nitrogen and oxygen atoms in total. The van der Waals surface area contributed by atoms with Crippen LogP contribution in [0.1, 0.15) is 37.2 Å². The number of furan rings is 1. The number of rotatable bonds is 6. The molecular formula is C12H16N2O3S. The first-order valence-corrected chi connectivity index (χ1v) is 7.26. The molecule has 2 aromatic heterocycles. The van der Waals surface area contributed by atoms with E-state index in [0.717, 1.165) is 19.3 Å². The van der Waals surface area contributed by atoms with E-state index in [-0.39, 0.29) is 5.75 Å². The van der Waals surface area contributed by atoms with Gasteiger partial charge in [-0.3, -0.25) is 4.21 Å². The molecule has 0 saturated carbocycles. The predicted octanol–water partition coefficient (Wildman–Crippen LogP) is 2.62. The minimum atomic E-state index is -1.20. The molecule has 0 aliphatic heterocycles. The quantitative estimate of drug-likeness (QED) is 0.805. The minimum Gasteiger partial charge on any atom is -0.468 e. The van der Waals surface area contributed by atoms with Gasteiger partial charge in [0.2, 0.25) is 5.89 Å². The average Bonchev–Trinajstić information content (AvgIpc) is 2.95. The van der Waals surface area contributed by atoms with Crippen LogP contribution in [0.3, 0.4) is 0 Å². The lowest BCUT2D eigenvalue weighted by atomic mass is 10.2. The predicted molar refractivity (Wildman–Crippen MR) is 66.5 cm³/mol. The Balaban J connectivity index is 1.99. The van der Waals surface area contributed by atoms with Crippen molar-refractivity contribution in [1.82, 2.24) is 10.1 Å². The molecule has 0 saturated heterocycles. The Hall–Kier alpha value is -1.43. The molecule has 1 atom stereocenters. The summed E-state index contributed by atoms with van der Waals surface area (Å²) in [6.45, 7) is 3.89. The molecule has 18 heavy (non-hydrogen) atoms. The van der Waals surface area contributed by atoms with Crippen molar-refractivity contribution in [2.45, 2.75) is 43.8 Å². The third-order valence-electron chi connectivity index (χ3n) is 2.58. The van der Waals surface area contributed by atoms with Crippen LogP contribution in [0.5, 0.6) is 0 Å². The van der Waals surface area contributed by atoms with E-state index < -0.39 is 10.8 Å². The summed E-state index contributed by atoms with van der Waals surface area (Å²) >= 11 is 0. The van der Waals surface area contributed by atoms with Crippen LogP contribution in [-0.4, -0.2) is 14.3 Å². The lowest BCUT2D eigenvalue weighted by Crippen LogP contribution is -1.97. The Morgan fingerprint density at radius 1 is 1.44 bits per heavy atom. The maximum absolute atomic E-state index is 12.0. The van der Waals surface area contributed by atoms with Gasteiger partial charge in [-0.1, -0.05) is 18.5 Å². The average molecular weight is 268 g/mol. The molecule has 2 aromatic rings. The summed E-state index contributed by atoms with van der Waals surface area (Å²) in [7, 11) is -1.20. The van der Waals surface area contributed by atoms with Crippen molar-refractivity contribution >= 4 is 10.8 Å². The zero-order chi connectivity index (χ0) is 13.0. The second-order valence-corrected chi connectivity index (χ2v) is 5.46. The van der Waals surface area contributed by atoms with Crippen LogP contribution in [0.4, 0.5) is 0 Å². The Morgan fingerprint density at radius 3 is 2.94 bits per heavy atom. The summed E-state index contributed by atoms with van der Waals surface area (Å²) in [6.07, 6.45) is 4.45. The SMILES string of the molecule is CCCCc1noc(C[S@](=O)c2ccoc2C)n1. The first kappa shape index (κ1) is 13.0. The van der Waals surface area contributed by atoms with Gasteiger partial charge in [-0.25, -0.2) is 0 Å². The van der Waals surface area contributed by atoms with E-state index >= 15 is 0 Å². The van der Waals surface area contributed by atoms with Crippen LogP contribution in [0.2, 0.25) is 0 Å². The summed E-state index contributed by atoms with van der Waals surface area (Å²) in [5, 5.41) is 3.87. The number of nitrogens with zero attached hydrogens (tertiary/aromatic N) is 2. The van der Waals surface area contributed by atoms with Gasteiger partial charge >= 0.3 is 0 Å². The fourth-order valence-electron chi connectivity index (χ4n) is 1.58. The largest absolute Gasteiger partial charge is 0.468 e. The lowest BCUT2D eigenvalue weighted by Gasteiger charge is -1.95. The van der Waals surface area contributed by atoms with Gasteiger partial charge in [0.15, 0.2) is 5.82 Å². The molecule has 0 N–H and O–H groups in total. The van der Waals surface area contributed by atoms with Gasteiger partial charge in [-0.05, 0) is 19.4 Å². The number of aryl methyl sites for hydroxylation is 2. The standard InChI is InChI=1S/C12H16N2O3S/c1-3-4-5-11-13-12(17-14-11)8-18(15)10-6-7-16-9(10)2/h6-7H,3-5,8H2,1-2H3/t18-/m0/s1. The van der Waals surface area contributed by atoms with Gasteiger partial charge in [-0.15, -0.1) is 0 Å². The molecule has 0 aromatic carbocycles.